The highest BCUT2D eigenvalue weighted by Gasteiger charge is 2.31. The van der Waals surface area contributed by atoms with Crippen LogP contribution in [0.2, 0.25) is 0 Å². The molecule has 1 aliphatic rings. The highest BCUT2D eigenvalue weighted by atomic mass is 35.5. The summed E-state index contributed by atoms with van der Waals surface area (Å²) in [7, 11) is 0. The topological polar surface area (TPSA) is 59.0 Å². The lowest BCUT2D eigenvalue weighted by Gasteiger charge is -2.13. The van der Waals surface area contributed by atoms with Crippen LogP contribution in [0.5, 0.6) is 0 Å². The van der Waals surface area contributed by atoms with Gasteiger partial charge in [0.2, 0.25) is 5.91 Å². The molecular weight excluding hydrogens is 357 g/mol. The molecule has 2 heterocycles. The largest absolute Gasteiger partial charge is 0.416 e. The summed E-state index contributed by atoms with van der Waals surface area (Å²) in [6.45, 7) is 3.10. The van der Waals surface area contributed by atoms with Gasteiger partial charge in [0, 0.05) is 12.6 Å². The fourth-order valence-electron chi connectivity index (χ4n) is 2.71. The number of anilines is 1. The van der Waals surface area contributed by atoms with E-state index in [0.717, 1.165) is 25.1 Å². The second-order valence-electron chi connectivity index (χ2n) is 5.81. The van der Waals surface area contributed by atoms with Gasteiger partial charge in [-0.25, -0.2) is 4.68 Å². The van der Waals surface area contributed by atoms with Gasteiger partial charge < -0.3 is 10.6 Å². The molecule has 1 atom stereocenters. The normalized spacial score (nSPS) is 17.2. The number of nitrogens with zero attached hydrogens (tertiary/aromatic N) is 2. The first kappa shape index (κ1) is 19.3. The summed E-state index contributed by atoms with van der Waals surface area (Å²) in [6, 6.07) is 6.50. The predicted molar refractivity (Wildman–Crippen MR) is 90.2 cm³/mol. The molecule has 0 saturated carbocycles. The van der Waals surface area contributed by atoms with E-state index in [2.05, 4.69) is 15.7 Å². The first-order valence-corrected chi connectivity index (χ1v) is 7.60. The van der Waals surface area contributed by atoms with E-state index in [1.807, 2.05) is 0 Å². The lowest BCUT2D eigenvalue weighted by atomic mass is 10.1. The number of nitrogens with one attached hydrogen (secondary N) is 2. The molecule has 25 heavy (non-hydrogen) atoms. The van der Waals surface area contributed by atoms with Crippen molar-refractivity contribution in [3.63, 3.8) is 0 Å². The minimum Gasteiger partial charge on any atom is -0.316 e. The van der Waals surface area contributed by atoms with Crippen LogP contribution in [0.3, 0.4) is 0 Å². The van der Waals surface area contributed by atoms with Gasteiger partial charge in [-0.15, -0.1) is 12.4 Å². The van der Waals surface area contributed by atoms with Crippen molar-refractivity contribution in [2.24, 2.45) is 5.92 Å². The molecule has 1 aliphatic heterocycles. The molecule has 5 nitrogen and oxygen atoms in total. The number of rotatable bonds is 3. The van der Waals surface area contributed by atoms with Crippen LogP contribution >= 0.6 is 12.4 Å². The fourth-order valence-corrected chi connectivity index (χ4v) is 2.71. The molecule has 0 bridgehead atoms. The third-order valence-electron chi connectivity index (χ3n) is 3.93. The fraction of sp³-hybridized carbons (Fsp3) is 0.375. The number of carbonyl (C=O) groups excluding carboxylic acids is 1. The third kappa shape index (κ3) is 4.32. The van der Waals surface area contributed by atoms with Crippen molar-refractivity contribution in [3.8, 4) is 5.69 Å². The standard InChI is InChI=1S/C16H17F3N4O.ClH/c1-10-7-14(21-15(24)11-5-6-20-9-11)23(22-10)13-4-2-3-12(8-13)16(17,18)19;/h2-4,7-8,11,20H,5-6,9H2,1H3,(H,21,24);1H. The molecule has 1 fully saturated rings. The van der Waals surface area contributed by atoms with Crippen LogP contribution in [0.15, 0.2) is 30.3 Å². The van der Waals surface area contributed by atoms with Crippen LogP contribution in [0.25, 0.3) is 5.69 Å². The average molecular weight is 375 g/mol. The zero-order valence-electron chi connectivity index (χ0n) is 13.4. The van der Waals surface area contributed by atoms with Crippen LogP contribution in [0, 0.1) is 12.8 Å². The number of aromatic nitrogens is 2. The minimum absolute atomic E-state index is 0. The van der Waals surface area contributed by atoms with Crippen molar-refractivity contribution in [1.29, 1.82) is 0 Å². The number of alkyl halides is 3. The van der Waals surface area contributed by atoms with Gasteiger partial charge >= 0.3 is 6.18 Å². The number of benzene rings is 1. The molecule has 136 valence electrons. The molecule has 3 rings (SSSR count). The quantitative estimate of drug-likeness (QED) is 0.867. The van der Waals surface area contributed by atoms with Crippen molar-refractivity contribution in [3.05, 3.63) is 41.6 Å². The SMILES string of the molecule is Cc1cc(NC(=O)C2CCNC2)n(-c2cccc(C(F)(F)F)c2)n1.Cl. The molecule has 2 aromatic rings. The maximum atomic E-state index is 12.9. The molecule has 0 aliphatic carbocycles. The van der Waals surface area contributed by atoms with Gasteiger partial charge in [0.25, 0.3) is 0 Å². The Bertz CT molecular complexity index is 754. The van der Waals surface area contributed by atoms with Crippen LogP contribution in [-0.2, 0) is 11.0 Å². The Morgan fingerprint density at radius 2 is 2.12 bits per heavy atom. The molecule has 2 N–H and O–H groups in total. The van der Waals surface area contributed by atoms with Crippen molar-refractivity contribution < 1.29 is 18.0 Å². The Kier molecular flexibility index (Phi) is 5.74. The zero-order valence-corrected chi connectivity index (χ0v) is 14.2. The first-order valence-electron chi connectivity index (χ1n) is 7.60. The predicted octanol–water partition coefficient (Wildman–Crippen LogP) is 3.17. The van der Waals surface area contributed by atoms with Gasteiger partial charge in [-0.05, 0) is 38.1 Å². The Labute approximate surface area is 149 Å². The number of hydrogen-bond acceptors (Lipinski definition) is 3. The Hall–Kier alpha value is -2.06. The molecule has 1 amide bonds. The smallest absolute Gasteiger partial charge is 0.316 e. The van der Waals surface area contributed by atoms with E-state index in [9.17, 15) is 18.0 Å². The van der Waals surface area contributed by atoms with Gasteiger partial charge in [0.15, 0.2) is 0 Å². The lowest BCUT2D eigenvalue weighted by Crippen LogP contribution is -2.25. The molecule has 9 heteroatoms. The van der Waals surface area contributed by atoms with Crippen molar-refractivity contribution >= 4 is 24.1 Å². The molecule has 1 saturated heterocycles. The second kappa shape index (κ2) is 7.45. The molecule has 0 radical (unpaired) electrons. The third-order valence-corrected chi connectivity index (χ3v) is 3.93. The summed E-state index contributed by atoms with van der Waals surface area (Å²) in [4.78, 5) is 12.3. The maximum absolute atomic E-state index is 12.9. The summed E-state index contributed by atoms with van der Waals surface area (Å²) in [5.74, 6) is 0.0621. The van der Waals surface area contributed by atoms with E-state index in [-0.39, 0.29) is 29.9 Å². The number of hydrogen-bond donors (Lipinski definition) is 2. The molecule has 0 spiro atoms. The average Bonchev–Trinajstić information content (AvgIpc) is 3.16. The highest BCUT2D eigenvalue weighted by Crippen LogP contribution is 2.31. The maximum Gasteiger partial charge on any atom is 0.416 e. The minimum atomic E-state index is -4.43. The lowest BCUT2D eigenvalue weighted by molar-refractivity contribution is -0.137. The molecular formula is C16H18ClF3N4O. The van der Waals surface area contributed by atoms with E-state index in [1.165, 1.54) is 16.8 Å². The van der Waals surface area contributed by atoms with E-state index >= 15 is 0 Å². The Morgan fingerprint density at radius 1 is 1.36 bits per heavy atom. The van der Waals surface area contributed by atoms with Crippen LogP contribution in [0.1, 0.15) is 17.7 Å². The van der Waals surface area contributed by atoms with Gasteiger partial charge in [0.05, 0.1) is 22.9 Å². The van der Waals surface area contributed by atoms with E-state index in [4.69, 9.17) is 0 Å². The molecule has 1 unspecified atom stereocenters. The van der Waals surface area contributed by atoms with E-state index in [1.54, 1.807) is 13.0 Å². The van der Waals surface area contributed by atoms with Gasteiger partial charge in [0.1, 0.15) is 5.82 Å². The van der Waals surface area contributed by atoms with Crippen molar-refractivity contribution in [1.82, 2.24) is 15.1 Å². The number of amides is 1. The number of halogens is 4. The van der Waals surface area contributed by atoms with Crippen LogP contribution < -0.4 is 10.6 Å². The monoisotopic (exact) mass is 374 g/mol. The van der Waals surface area contributed by atoms with E-state index < -0.39 is 11.7 Å². The number of aryl methyl sites for hydroxylation is 1. The Morgan fingerprint density at radius 3 is 2.76 bits per heavy atom. The zero-order chi connectivity index (χ0) is 17.3. The van der Waals surface area contributed by atoms with E-state index in [0.29, 0.717) is 18.1 Å². The summed E-state index contributed by atoms with van der Waals surface area (Å²) in [5.41, 5.74) is 0.0930. The molecule has 1 aromatic carbocycles. The summed E-state index contributed by atoms with van der Waals surface area (Å²) >= 11 is 0. The highest BCUT2D eigenvalue weighted by molar-refractivity contribution is 5.92. The Balaban J connectivity index is 0.00000225. The van der Waals surface area contributed by atoms with Crippen molar-refractivity contribution in [2.45, 2.75) is 19.5 Å². The van der Waals surface area contributed by atoms with Gasteiger partial charge in [-0.3, -0.25) is 4.79 Å². The summed E-state index contributed by atoms with van der Waals surface area (Å²) in [6.07, 6.45) is -3.69. The first-order chi connectivity index (χ1) is 11.3. The van der Waals surface area contributed by atoms with Crippen LogP contribution in [-0.4, -0.2) is 28.8 Å². The van der Waals surface area contributed by atoms with Gasteiger partial charge in [-0.1, -0.05) is 6.07 Å². The molecule has 1 aromatic heterocycles. The van der Waals surface area contributed by atoms with Gasteiger partial charge in [-0.2, -0.15) is 18.3 Å². The summed E-state index contributed by atoms with van der Waals surface area (Å²) < 4.78 is 40.0. The second-order valence-corrected chi connectivity index (χ2v) is 5.81. The number of carbonyl (C=O) groups is 1. The van der Waals surface area contributed by atoms with Crippen molar-refractivity contribution in [2.75, 3.05) is 18.4 Å². The summed E-state index contributed by atoms with van der Waals surface area (Å²) in [5, 5.41) is 10.1. The van der Waals surface area contributed by atoms with Crippen LogP contribution in [0.4, 0.5) is 19.0 Å².